The Kier molecular flexibility index (Phi) is 8.64. The Bertz CT molecular complexity index is 4070. The smallest absolute Gasteiger partial charge is 0.211 e. The third-order valence-corrected chi connectivity index (χ3v) is 15.6. The van der Waals surface area contributed by atoms with Gasteiger partial charge in [0.25, 0.3) is 0 Å². The van der Waals surface area contributed by atoms with Gasteiger partial charge in [-0.3, -0.25) is 0 Å². The normalized spacial score (nSPS) is 13.2. The molecule has 0 spiro atoms. The summed E-state index contributed by atoms with van der Waals surface area (Å²) in [5, 5.41) is 12.0. The van der Waals surface area contributed by atoms with Crippen molar-refractivity contribution < 1.29 is 8.83 Å². The number of fused-ring (bicyclic) bond motifs is 14. The van der Waals surface area contributed by atoms with Gasteiger partial charge in [0.05, 0.1) is 22.1 Å². The van der Waals surface area contributed by atoms with Crippen molar-refractivity contribution in [1.29, 1.82) is 0 Å². The molecule has 0 unspecified atom stereocenters. The topological polar surface area (TPSA) is 43.2 Å². The lowest BCUT2D eigenvalue weighted by atomic mass is 9.62. The minimum atomic E-state index is -0.0587. The van der Waals surface area contributed by atoms with Gasteiger partial charge in [-0.25, -0.2) is 0 Å². The third-order valence-electron chi connectivity index (χ3n) is 14.5. The van der Waals surface area contributed by atoms with E-state index >= 15 is 0 Å². The summed E-state index contributed by atoms with van der Waals surface area (Å²) in [6.07, 6.45) is 0. The molecule has 0 aliphatic carbocycles. The van der Waals surface area contributed by atoms with Crippen LogP contribution in [-0.4, -0.2) is 11.8 Å². The van der Waals surface area contributed by atoms with E-state index in [9.17, 15) is 0 Å². The second-order valence-electron chi connectivity index (χ2n) is 22.1. The average Bonchev–Trinajstić information content (AvgIpc) is 4.07. The lowest BCUT2D eigenvalue weighted by Crippen LogP contribution is -2.35. The van der Waals surface area contributed by atoms with E-state index in [4.69, 9.17) is 8.83 Å². The van der Waals surface area contributed by atoms with Crippen LogP contribution in [0.25, 0.3) is 104 Å². The highest BCUT2D eigenvalue weighted by Crippen LogP contribution is 2.50. The van der Waals surface area contributed by atoms with Crippen LogP contribution in [0.5, 0.6) is 0 Å². The largest absolute Gasteiger partial charge is 0.456 e. The lowest BCUT2D eigenvalue weighted by Gasteiger charge is -2.23. The Morgan fingerprint density at radius 1 is 0.515 bits per heavy atom. The van der Waals surface area contributed by atoms with Crippen molar-refractivity contribution in [3.63, 3.8) is 0 Å². The first kappa shape index (κ1) is 41.2. The van der Waals surface area contributed by atoms with E-state index in [1.54, 1.807) is 0 Å². The highest BCUT2D eigenvalue weighted by molar-refractivity contribution is 7.29. The van der Waals surface area contributed by atoms with E-state index < -0.39 is 0 Å². The van der Waals surface area contributed by atoms with Crippen LogP contribution < -0.4 is 15.6 Å². The predicted molar refractivity (Wildman–Crippen MR) is 292 cm³/mol. The van der Waals surface area contributed by atoms with Crippen molar-refractivity contribution in [2.75, 3.05) is 5.32 Å². The average molecular weight is 900 g/mol. The van der Waals surface area contributed by atoms with E-state index in [2.05, 4.69) is 225 Å². The van der Waals surface area contributed by atoms with Crippen LogP contribution in [0.15, 0.2) is 154 Å². The van der Waals surface area contributed by atoms with Gasteiger partial charge in [0, 0.05) is 54.0 Å². The number of nitrogens with one attached hydrogen (secondary N) is 1. The van der Waals surface area contributed by atoms with Gasteiger partial charge in [0.15, 0.2) is 0 Å². The molecule has 1 aliphatic heterocycles. The molecule has 0 fully saturated rings. The Balaban J connectivity index is 1.18. The van der Waals surface area contributed by atoms with Crippen LogP contribution in [-0.2, 0) is 16.2 Å². The first-order chi connectivity index (χ1) is 32.6. The molecule has 331 valence electrons. The molecule has 0 saturated carbocycles. The summed E-state index contributed by atoms with van der Waals surface area (Å²) < 4.78 is 19.3. The van der Waals surface area contributed by atoms with Crippen molar-refractivity contribution in [3.8, 4) is 27.9 Å². The Morgan fingerprint density at radius 2 is 1.21 bits per heavy atom. The number of anilines is 2. The third kappa shape index (κ3) is 6.19. The molecule has 0 amide bonds. The summed E-state index contributed by atoms with van der Waals surface area (Å²) in [5.41, 5.74) is 18.7. The molecule has 1 N–H and O–H groups in total. The fraction of sp³-hybridized carbons (Fsp3) is 0.194. The molecule has 5 heterocycles. The highest BCUT2D eigenvalue weighted by Gasteiger charge is 2.34. The van der Waals surface area contributed by atoms with E-state index in [1.807, 2.05) is 11.3 Å². The molecule has 6 heteroatoms. The number of benzene rings is 8. The molecular formula is C62H52BN2O2S. The van der Waals surface area contributed by atoms with Gasteiger partial charge in [-0.15, -0.1) is 11.3 Å². The first-order valence-electron chi connectivity index (χ1n) is 23.9. The Labute approximate surface area is 401 Å². The maximum atomic E-state index is 7.25. The number of hydrogen-bond donors (Lipinski definition) is 1. The number of furan rings is 2. The summed E-state index contributed by atoms with van der Waals surface area (Å²) in [6, 6.07) is 53.7. The summed E-state index contributed by atoms with van der Waals surface area (Å²) in [6.45, 7) is 20.5. The Morgan fingerprint density at radius 3 is 1.97 bits per heavy atom. The van der Waals surface area contributed by atoms with Crippen molar-refractivity contribution >= 4 is 116 Å². The number of rotatable bonds is 4. The fourth-order valence-electron chi connectivity index (χ4n) is 10.8. The van der Waals surface area contributed by atoms with E-state index in [-0.39, 0.29) is 16.2 Å². The standard InChI is InChI=1S/C62H52BN2O2S/c1-60(2,3)36-20-24-39(25-21-36)64-46-32-42-40-26-22-38(62(7,8)9)31-49(40)66-50(42)33-43(46)52-53-41-17-13-14-18-48(41)67-58(53)54-44-30-37(61(4,5)6)23-27-47(44)65-56-45-29-35(34-15-11-10-12-16-34)19-28-51(45)68-59(56)63-55(52)57(54)65/h10-33,64H,1-9H3. The second kappa shape index (κ2) is 14.3. The molecule has 68 heavy (non-hydrogen) atoms. The van der Waals surface area contributed by atoms with Crippen molar-refractivity contribution in [3.05, 3.63) is 162 Å². The summed E-state index contributed by atoms with van der Waals surface area (Å²) in [5.74, 6) is 0. The minimum absolute atomic E-state index is 0.0211. The second-order valence-corrected chi connectivity index (χ2v) is 23.2. The molecule has 0 bridgehead atoms. The maximum Gasteiger partial charge on any atom is 0.211 e. The number of nitrogens with zero attached hydrogens (tertiary/aromatic N) is 1. The van der Waals surface area contributed by atoms with Crippen LogP contribution in [0.1, 0.15) is 79.0 Å². The fourth-order valence-corrected chi connectivity index (χ4v) is 11.9. The molecule has 0 saturated heterocycles. The predicted octanol–water partition coefficient (Wildman–Crippen LogP) is 16.7. The molecule has 12 aromatic rings. The zero-order chi connectivity index (χ0) is 46.6. The zero-order valence-corrected chi connectivity index (χ0v) is 40.9. The number of thiophene rings is 1. The van der Waals surface area contributed by atoms with Crippen LogP contribution in [0.2, 0.25) is 0 Å². The van der Waals surface area contributed by atoms with Crippen molar-refractivity contribution in [2.45, 2.75) is 78.6 Å². The van der Waals surface area contributed by atoms with E-state index in [1.165, 1.54) is 64.7 Å². The molecule has 1 radical (unpaired) electrons. The van der Waals surface area contributed by atoms with Crippen LogP contribution >= 0.6 is 11.3 Å². The summed E-state index contributed by atoms with van der Waals surface area (Å²) in [7, 11) is 2.48. The van der Waals surface area contributed by atoms with Gasteiger partial charge >= 0.3 is 0 Å². The van der Waals surface area contributed by atoms with Crippen molar-refractivity contribution in [2.24, 2.45) is 0 Å². The lowest BCUT2D eigenvalue weighted by molar-refractivity contribution is 0.587. The molecule has 4 nitrogen and oxygen atoms in total. The van der Waals surface area contributed by atoms with Crippen LogP contribution in [0, 0.1) is 0 Å². The number of para-hydroxylation sites is 1. The summed E-state index contributed by atoms with van der Waals surface area (Å²) in [4.78, 5) is 0. The number of hydrogen-bond acceptors (Lipinski definition) is 4. The van der Waals surface area contributed by atoms with Gasteiger partial charge in [-0.05, 0) is 121 Å². The SMILES string of the molecule is CC(C)(C)c1ccc(Nc2cc3c(cc2-c2c4c5c(c6cc(C(C)(C)C)ccc6n5-c5c(sc6ccc(-c7ccccc7)cc56)[B]4)c4oc5ccccc5c24)oc2cc(C(C)(C)C)ccc23)cc1. The molecule has 0 atom stereocenters. The van der Waals surface area contributed by atoms with Gasteiger partial charge in [0.2, 0.25) is 7.28 Å². The minimum Gasteiger partial charge on any atom is -0.456 e. The van der Waals surface area contributed by atoms with E-state index in [0.29, 0.717) is 0 Å². The zero-order valence-electron chi connectivity index (χ0n) is 40.1. The van der Waals surface area contributed by atoms with Gasteiger partial charge < -0.3 is 18.7 Å². The monoisotopic (exact) mass is 899 g/mol. The van der Waals surface area contributed by atoms with Crippen LogP contribution in [0.4, 0.5) is 11.4 Å². The quantitative estimate of drug-likeness (QED) is 0.179. The maximum absolute atomic E-state index is 7.25. The molecule has 4 aromatic heterocycles. The molecule has 1 aliphatic rings. The molecular weight excluding hydrogens is 848 g/mol. The summed E-state index contributed by atoms with van der Waals surface area (Å²) >= 11 is 1.87. The van der Waals surface area contributed by atoms with E-state index in [0.717, 1.165) is 77.3 Å². The molecule has 13 rings (SSSR count). The van der Waals surface area contributed by atoms with Crippen molar-refractivity contribution in [1.82, 2.24) is 4.57 Å². The first-order valence-corrected chi connectivity index (χ1v) is 24.7. The molecule has 8 aromatic carbocycles. The van der Waals surface area contributed by atoms with Gasteiger partial charge in [-0.2, -0.15) is 0 Å². The Hall–Kier alpha value is -7.02. The van der Waals surface area contributed by atoms with Gasteiger partial charge in [-0.1, -0.05) is 147 Å². The van der Waals surface area contributed by atoms with Gasteiger partial charge in [0.1, 0.15) is 22.3 Å². The number of aromatic nitrogens is 1. The van der Waals surface area contributed by atoms with Crippen LogP contribution in [0.3, 0.4) is 0 Å². The highest BCUT2D eigenvalue weighted by atomic mass is 32.1.